The molecule has 0 radical (unpaired) electrons. The zero-order chi connectivity index (χ0) is 10.4. The van der Waals surface area contributed by atoms with Crippen molar-refractivity contribution in [3.05, 3.63) is 33.1 Å². The highest BCUT2D eigenvalue weighted by molar-refractivity contribution is 9.13. The molecule has 0 saturated heterocycles. The maximum atomic E-state index is 5.41. The Labute approximate surface area is 101 Å². The van der Waals surface area contributed by atoms with Gasteiger partial charge in [-0.3, -0.25) is 0 Å². The number of hydrogen-bond donors (Lipinski definition) is 1. The largest absolute Gasteiger partial charge is 0.452 e. The van der Waals surface area contributed by atoms with Crippen LogP contribution < -0.4 is 5.32 Å². The van der Waals surface area contributed by atoms with E-state index in [-0.39, 0.29) is 0 Å². The lowest BCUT2D eigenvalue weighted by atomic mass is 10.3. The third kappa shape index (κ3) is 3.98. The molecule has 0 fully saturated rings. The molecule has 1 aromatic rings. The van der Waals surface area contributed by atoms with E-state index in [1.54, 1.807) is 0 Å². The summed E-state index contributed by atoms with van der Waals surface area (Å²) in [4.78, 5) is 0. The molecule has 1 N–H and O–H groups in total. The summed E-state index contributed by atoms with van der Waals surface area (Å²) in [7, 11) is 0. The summed E-state index contributed by atoms with van der Waals surface area (Å²) >= 11 is 6.67. The second-order valence-electron chi connectivity index (χ2n) is 2.87. The number of furan rings is 1. The van der Waals surface area contributed by atoms with E-state index in [0.29, 0.717) is 0 Å². The lowest BCUT2D eigenvalue weighted by Crippen LogP contribution is -2.13. The van der Waals surface area contributed by atoms with Crippen molar-refractivity contribution in [2.45, 2.75) is 19.9 Å². The SMILES string of the molecule is C/C=C/CCNCc1cc(Br)c(Br)o1. The van der Waals surface area contributed by atoms with Gasteiger partial charge >= 0.3 is 0 Å². The third-order valence-electron chi connectivity index (χ3n) is 1.72. The lowest BCUT2D eigenvalue weighted by Gasteiger charge is -1.98. The molecule has 2 nitrogen and oxygen atoms in total. The van der Waals surface area contributed by atoms with Gasteiger partial charge < -0.3 is 9.73 Å². The standard InChI is InChI=1S/C10H13Br2NO/c1-2-3-4-5-13-7-8-6-9(11)10(12)14-8/h2-3,6,13H,4-5,7H2,1H3/b3-2+. The highest BCUT2D eigenvalue weighted by atomic mass is 79.9. The Bertz CT molecular complexity index is 288. The first kappa shape index (κ1) is 12.0. The Morgan fingerprint density at radius 3 is 2.86 bits per heavy atom. The first-order valence-corrected chi connectivity index (χ1v) is 6.08. The van der Waals surface area contributed by atoms with E-state index >= 15 is 0 Å². The van der Waals surface area contributed by atoms with E-state index < -0.39 is 0 Å². The molecular weight excluding hydrogens is 310 g/mol. The first-order valence-electron chi connectivity index (χ1n) is 4.49. The van der Waals surface area contributed by atoms with Crippen LogP contribution in [0.1, 0.15) is 19.1 Å². The minimum atomic E-state index is 0.753. The molecule has 0 atom stereocenters. The number of nitrogens with one attached hydrogen (secondary N) is 1. The summed E-state index contributed by atoms with van der Waals surface area (Å²) in [5, 5.41) is 3.29. The Hall–Kier alpha value is -0.0600. The summed E-state index contributed by atoms with van der Waals surface area (Å²) < 4.78 is 7.12. The highest BCUT2D eigenvalue weighted by Crippen LogP contribution is 2.26. The zero-order valence-corrected chi connectivity index (χ0v) is 11.2. The van der Waals surface area contributed by atoms with Crippen LogP contribution in [0.2, 0.25) is 0 Å². The Morgan fingerprint density at radius 1 is 1.50 bits per heavy atom. The molecule has 0 bridgehead atoms. The second kappa shape index (κ2) is 6.43. The predicted molar refractivity (Wildman–Crippen MR) is 65.2 cm³/mol. The molecule has 4 heteroatoms. The Kier molecular flexibility index (Phi) is 5.52. The smallest absolute Gasteiger partial charge is 0.183 e. The molecule has 0 aliphatic heterocycles. The van der Waals surface area contributed by atoms with Crippen molar-refractivity contribution in [2.24, 2.45) is 0 Å². The fourth-order valence-electron chi connectivity index (χ4n) is 1.04. The van der Waals surface area contributed by atoms with E-state index in [1.165, 1.54) is 0 Å². The van der Waals surface area contributed by atoms with Crippen LogP contribution in [0, 0.1) is 0 Å². The number of allylic oxidation sites excluding steroid dienone is 1. The molecule has 0 spiro atoms. The van der Waals surface area contributed by atoms with Crippen molar-refractivity contribution in [1.82, 2.24) is 5.32 Å². The van der Waals surface area contributed by atoms with E-state index in [9.17, 15) is 0 Å². The van der Waals surface area contributed by atoms with Crippen molar-refractivity contribution in [3.63, 3.8) is 0 Å². The molecule has 1 heterocycles. The van der Waals surface area contributed by atoms with Gasteiger partial charge in [-0.25, -0.2) is 0 Å². The van der Waals surface area contributed by atoms with E-state index in [0.717, 1.165) is 34.4 Å². The van der Waals surface area contributed by atoms with Crippen molar-refractivity contribution in [2.75, 3.05) is 6.54 Å². The lowest BCUT2D eigenvalue weighted by molar-refractivity contribution is 0.466. The highest BCUT2D eigenvalue weighted by Gasteiger charge is 2.04. The second-order valence-corrected chi connectivity index (χ2v) is 4.44. The van der Waals surface area contributed by atoms with Crippen molar-refractivity contribution in [3.8, 4) is 0 Å². The van der Waals surface area contributed by atoms with Gasteiger partial charge in [0.25, 0.3) is 0 Å². The average molecular weight is 323 g/mol. The molecule has 0 aliphatic rings. The molecular formula is C10H13Br2NO. The molecule has 78 valence electrons. The van der Waals surface area contributed by atoms with Gasteiger partial charge in [-0.2, -0.15) is 0 Å². The van der Waals surface area contributed by atoms with E-state index in [4.69, 9.17) is 4.42 Å². The fraction of sp³-hybridized carbons (Fsp3) is 0.400. The number of hydrogen-bond acceptors (Lipinski definition) is 2. The van der Waals surface area contributed by atoms with Gasteiger partial charge in [0.05, 0.1) is 11.0 Å². The van der Waals surface area contributed by atoms with Crippen LogP contribution >= 0.6 is 31.9 Å². The quantitative estimate of drug-likeness (QED) is 0.657. The third-order valence-corrected chi connectivity index (χ3v) is 3.43. The van der Waals surface area contributed by atoms with Crippen LogP contribution in [0.5, 0.6) is 0 Å². The summed E-state index contributed by atoms with van der Waals surface area (Å²) in [6, 6.07) is 1.97. The fourth-order valence-corrected chi connectivity index (χ4v) is 1.70. The Balaban J connectivity index is 2.24. The maximum Gasteiger partial charge on any atom is 0.183 e. The van der Waals surface area contributed by atoms with Gasteiger partial charge in [-0.05, 0) is 57.8 Å². The maximum absolute atomic E-state index is 5.41. The zero-order valence-electron chi connectivity index (χ0n) is 8.02. The molecule has 0 amide bonds. The summed E-state index contributed by atoms with van der Waals surface area (Å²) in [5.74, 6) is 0.934. The monoisotopic (exact) mass is 321 g/mol. The van der Waals surface area contributed by atoms with Crippen molar-refractivity contribution >= 4 is 31.9 Å². The van der Waals surface area contributed by atoms with Crippen molar-refractivity contribution in [1.29, 1.82) is 0 Å². The van der Waals surface area contributed by atoms with E-state index in [2.05, 4.69) is 49.3 Å². The first-order chi connectivity index (χ1) is 6.74. The van der Waals surface area contributed by atoms with Crippen LogP contribution in [0.4, 0.5) is 0 Å². The van der Waals surface area contributed by atoms with Crippen LogP contribution in [0.25, 0.3) is 0 Å². The van der Waals surface area contributed by atoms with Gasteiger partial charge in [0.2, 0.25) is 0 Å². The molecule has 0 unspecified atom stereocenters. The topological polar surface area (TPSA) is 25.2 Å². The molecule has 1 rings (SSSR count). The molecule has 1 aromatic heterocycles. The van der Waals surface area contributed by atoms with Gasteiger partial charge in [0, 0.05) is 0 Å². The molecule has 0 aromatic carbocycles. The predicted octanol–water partition coefficient (Wildman–Crippen LogP) is 3.86. The van der Waals surface area contributed by atoms with E-state index in [1.807, 2.05) is 13.0 Å². The number of rotatable bonds is 5. The number of halogens is 2. The summed E-state index contributed by atoms with van der Waals surface area (Å²) in [6.45, 7) is 3.77. The average Bonchev–Trinajstić information content (AvgIpc) is 2.46. The van der Waals surface area contributed by atoms with Crippen LogP contribution in [0.15, 0.2) is 31.8 Å². The molecule has 0 saturated carbocycles. The van der Waals surface area contributed by atoms with Crippen LogP contribution in [-0.2, 0) is 6.54 Å². The molecule has 0 aliphatic carbocycles. The minimum absolute atomic E-state index is 0.753. The molecule has 14 heavy (non-hydrogen) atoms. The van der Waals surface area contributed by atoms with Gasteiger partial charge in [0.15, 0.2) is 4.67 Å². The summed E-state index contributed by atoms with van der Waals surface area (Å²) in [6.07, 6.45) is 5.25. The minimum Gasteiger partial charge on any atom is -0.452 e. The normalized spacial score (nSPS) is 11.4. The van der Waals surface area contributed by atoms with Gasteiger partial charge in [-0.15, -0.1) is 0 Å². The van der Waals surface area contributed by atoms with Crippen molar-refractivity contribution < 1.29 is 4.42 Å². The van der Waals surface area contributed by atoms with Gasteiger partial charge in [-0.1, -0.05) is 12.2 Å². The Morgan fingerprint density at radius 2 is 2.29 bits per heavy atom. The van der Waals surface area contributed by atoms with Crippen LogP contribution in [0.3, 0.4) is 0 Å². The summed E-state index contributed by atoms with van der Waals surface area (Å²) in [5.41, 5.74) is 0. The van der Waals surface area contributed by atoms with Crippen LogP contribution in [-0.4, -0.2) is 6.54 Å². The van der Waals surface area contributed by atoms with Gasteiger partial charge in [0.1, 0.15) is 5.76 Å².